The predicted molar refractivity (Wildman–Crippen MR) is 162 cm³/mol. The molecule has 2 aromatic rings. The number of esters is 2. The molecule has 1 aromatic carbocycles. The van der Waals surface area contributed by atoms with E-state index in [0.717, 1.165) is 11.3 Å². The Morgan fingerprint density at radius 3 is 2.40 bits per heavy atom. The summed E-state index contributed by atoms with van der Waals surface area (Å²) in [6.07, 6.45) is 0. The number of ether oxygens (including phenoxy) is 2. The van der Waals surface area contributed by atoms with Gasteiger partial charge < -0.3 is 24.9 Å². The van der Waals surface area contributed by atoms with E-state index < -0.39 is 86.7 Å². The molecule has 23 heteroatoms. The van der Waals surface area contributed by atoms with Gasteiger partial charge >= 0.3 is 22.2 Å². The first-order valence-corrected chi connectivity index (χ1v) is 16.1. The minimum Gasteiger partial charge on any atom is -0.462 e. The number of anilines is 1. The highest BCUT2D eigenvalue weighted by atomic mass is 35.5. The monoisotopic (exact) mass is 738 g/mol. The van der Waals surface area contributed by atoms with Crippen LogP contribution in [-0.4, -0.2) is 98.6 Å². The summed E-state index contributed by atoms with van der Waals surface area (Å²) in [5.41, 5.74) is -2.54. The first-order valence-electron chi connectivity index (χ1n) is 12.8. The van der Waals surface area contributed by atoms with Gasteiger partial charge in [0.05, 0.1) is 4.92 Å². The lowest BCUT2D eigenvalue weighted by Gasteiger charge is -2.43. The number of nitrogens with one attached hydrogen (secondary N) is 2. The highest BCUT2D eigenvalue weighted by molar-refractivity contribution is 7.84. The highest BCUT2D eigenvalue weighted by Crippen LogP contribution is 2.25. The van der Waals surface area contributed by atoms with Gasteiger partial charge in [0.1, 0.15) is 42.8 Å². The van der Waals surface area contributed by atoms with Crippen molar-refractivity contribution in [2.24, 2.45) is 5.16 Å². The summed E-state index contributed by atoms with van der Waals surface area (Å²) in [4.78, 5) is 81.7. The lowest BCUT2D eigenvalue weighted by atomic mass is 9.99. The van der Waals surface area contributed by atoms with E-state index in [1.54, 1.807) is 0 Å². The molecule has 2 unspecified atom stereocenters. The molecule has 2 atom stereocenters. The summed E-state index contributed by atoms with van der Waals surface area (Å²) in [5, 5.41) is 20.3. The van der Waals surface area contributed by atoms with Crippen molar-refractivity contribution < 1.29 is 56.2 Å². The van der Waals surface area contributed by atoms with Crippen LogP contribution >= 0.6 is 34.5 Å². The molecule has 19 nitrogen and oxygen atoms in total. The molecule has 0 saturated carbocycles. The molecule has 0 aliphatic carbocycles. The fourth-order valence-corrected chi connectivity index (χ4v) is 5.30. The number of amides is 3. The number of aromatic nitrogens is 1. The van der Waals surface area contributed by atoms with E-state index in [1.165, 1.54) is 43.5 Å². The molecule has 1 aromatic heterocycles. The summed E-state index contributed by atoms with van der Waals surface area (Å²) in [5.74, 6) is -6.14. The number of nitro groups is 1. The Morgan fingerprint density at radius 1 is 1.17 bits per heavy atom. The van der Waals surface area contributed by atoms with Gasteiger partial charge in [-0.1, -0.05) is 5.16 Å². The molecule has 3 amide bonds. The molecule has 2 heterocycles. The zero-order chi connectivity index (χ0) is 35.1. The third kappa shape index (κ3) is 9.54. The number of carbonyl (C=O) groups is 5. The van der Waals surface area contributed by atoms with Crippen molar-refractivity contribution in [1.82, 2.24) is 14.6 Å². The van der Waals surface area contributed by atoms with E-state index in [2.05, 4.69) is 20.8 Å². The summed E-state index contributed by atoms with van der Waals surface area (Å²) in [7, 11) is -5.13. The number of nitro benzene ring substituents is 1. The second kappa shape index (κ2) is 15.4. The first kappa shape index (κ1) is 37.0. The molecule has 0 spiro atoms. The minimum absolute atomic E-state index is 0.0144. The van der Waals surface area contributed by atoms with Gasteiger partial charge in [-0.05, 0) is 31.5 Å². The molecule has 1 saturated heterocycles. The van der Waals surface area contributed by atoms with Gasteiger partial charge in [0.25, 0.3) is 17.5 Å². The van der Waals surface area contributed by atoms with Crippen LogP contribution in [0.3, 0.4) is 0 Å². The Kier molecular flexibility index (Phi) is 12.2. The molecular weight excluding hydrogens is 715 g/mol. The number of halogens is 2. The number of hydrogen-bond donors (Lipinski definition) is 3. The van der Waals surface area contributed by atoms with Gasteiger partial charge in [0.15, 0.2) is 10.8 Å². The Bertz CT molecular complexity index is 1700. The molecule has 1 aliphatic rings. The number of benzene rings is 1. The Morgan fingerprint density at radius 2 is 1.83 bits per heavy atom. The van der Waals surface area contributed by atoms with Crippen molar-refractivity contribution in [3.8, 4) is 0 Å². The smallest absolute Gasteiger partial charge is 0.362 e. The molecule has 1 aliphatic heterocycles. The Balaban J connectivity index is 1.84. The molecule has 3 N–H and O–H groups in total. The second-order valence-electron chi connectivity index (χ2n) is 9.71. The van der Waals surface area contributed by atoms with E-state index in [0.29, 0.717) is 5.56 Å². The number of alkyl halides is 2. The average Bonchev–Trinajstić information content (AvgIpc) is 3.47. The standard InChI is InChI=1S/C24H24Cl2N6O13S2/c1-24(2,22(37)44-9-12-3-5-13(6-4-12)32(38)39)45-30-18(14-11-46-23(27-14)28-16(33)7-25)20(35)29-19-15(10-43-17(34)8-26)31(21(19)36)47(40,41)42/h3-6,11,15,19H,7-10H2,1-2H3,(H,29,35)(H,27,28,33)(H,40,41,42)/b30-18-. The van der Waals surface area contributed by atoms with E-state index in [4.69, 9.17) is 37.5 Å². The van der Waals surface area contributed by atoms with Gasteiger partial charge in [-0.25, -0.2) is 14.1 Å². The van der Waals surface area contributed by atoms with Crippen LogP contribution in [-0.2, 0) is 55.2 Å². The van der Waals surface area contributed by atoms with E-state index >= 15 is 0 Å². The van der Waals surface area contributed by atoms with Crippen LogP contribution in [0.15, 0.2) is 34.8 Å². The van der Waals surface area contributed by atoms with E-state index in [1.807, 2.05) is 0 Å². The predicted octanol–water partition coefficient (Wildman–Crippen LogP) is 0.752. The fraction of sp³-hybridized carbons (Fsp3) is 0.375. The molecule has 47 heavy (non-hydrogen) atoms. The number of thiazole rings is 1. The fourth-order valence-electron chi connectivity index (χ4n) is 3.58. The number of oxime groups is 1. The number of carbonyl (C=O) groups excluding carboxylic acids is 5. The van der Waals surface area contributed by atoms with Crippen molar-refractivity contribution in [1.29, 1.82) is 0 Å². The van der Waals surface area contributed by atoms with Gasteiger partial charge in [-0.15, -0.1) is 34.5 Å². The normalized spacial score (nSPS) is 16.5. The summed E-state index contributed by atoms with van der Waals surface area (Å²) in [6, 6.07) is 1.91. The van der Waals surface area contributed by atoms with Crippen molar-refractivity contribution >= 4 is 91.0 Å². The molecule has 1 fully saturated rings. The number of β-lactam (4-membered cyclic amide) rings is 1. The first-order chi connectivity index (χ1) is 22.0. The van der Waals surface area contributed by atoms with Gasteiger partial charge in [0.2, 0.25) is 11.5 Å². The summed E-state index contributed by atoms with van der Waals surface area (Å²) in [6.45, 7) is 1.38. The third-order valence-electron chi connectivity index (χ3n) is 5.93. The average molecular weight is 740 g/mol. The lowest BCUT2D eigenvalue weighted by Crippen LogP contribution is -2.73. The van der Waals surface area contributed by atoms with Gasteiger partial charge in [0, 0.05) is 17.5 Å². The van der Waals surface area contributed by atoms with Gasteiger partial charge in [-0.3, -0.25) is 33.8 Å². The number of rotatable bonds is 15. The number of hydrogen-bond acceptors (Lipinski definition) is 15. The minimum atomic E-state index is -5.13. The highest BCUT2D eigenvalue weighted by Gasteiger charge is 2.55. The zero-order valence-electron chi connectivity index (χ0n) is 24.1. The summed E-state index contributed by atoms with van der Waals surface area (Å²) < 4.78 is 42.9. The topological polar surface area (TPSA) is 263 Å². The maximum absolute atomic E-state index is 13.4. The van der Waals surface area contributed by atoms with E-state index in [9.17, 15) is 47.1 Å². The van der Waals surface area contributed by atoms with E-state index in [-0.39, 0.29) is 27.4 Å². The van der Waals surface area contributed by atoms with Crippen LogP contribution in [0.2, 0.25) is 0 Å². The molecule has 0 bridgehead atoms. The molecular formula is C24H24Cl2N6O13S2. The Labute approximate surface area is 279 Å². The van der Waals surface area contributed by atoms with Crippen LogP contribution in [0.5, 0.6) is 0 Å². The van der Waals surface area contributed by atoms with Crippen molar-refractivity contribution in [3.05, 3.63) is 51.0 Å². The number of non-ortho nitro benzene ring substituents is 1. The SMILES string of the molecule is CC(C)(O/N=C(\C(=O)NC1C(=O)N(S(=O)(=O)O)C1COC(=O)CCl)c1csc(NC(=O)CCl)n1)C(=O)OCc1ccc([N+](=O)[O-])cc1. The largest absolute Gasteiger partial charge is 0.462 e. The van der Waals surface area contributed by atoms with Crippen molar-refractivity contribution in [2.75, 3.05) is 23.7 Å². The Hall–Kier alpha value is -4.44. The zero-order valence-corrected chi connectivity index (χ0v) is 27.2. The quantitative estimate of drug-likeness (QED) is 0.0433. The molecule has 3 rings (SSSR count). The summed E-state index contributed by atoms with van der Waals surface area (Å²) >= 11 is 11.7. The van der Waals surface area contributed by atoms with Crippen LogP contribution in [0, 0.1) is 10.1 Å². The maximum Gasteiger partial charge on any atom is 0.362 e. The maximum atomic E-state index is 13.4. The lowest BCUT2D eigenvalue weighted by molar-refractivity contribution is -0.384. The molecule has 0 radical (unpaired) electrons. The van der Waals surface area contributed by atoms with Crippen LogP contribution in [0.4, 0.5) is 10.8 Å². The van der Waals surface area contributed by atoms with Crippen molar-refractivity contribution in [3.63, 3.8) is 0 Å². The number of nitrogens with zero attached hydrogens (tertiary/aromatic N) is 4. The third-order valence-corrected chi connectivity index (χ3v) is 8.10. The van der Waals surface area contributed by atoms with Crippen molar-refractivity contribution in [2.45, 2.75) is 38.1 Å². The molecule has 254 valence electrons. The van der Waals surface area contributed by atoms with Crippen LogP contribution in [0.1, 0.15) is 25.1 Å². The van der Waals surface area contributed by atoms with Gasteiger partial charge in [-0.2, -0.15) is 8.42 Å². The van der Waals surface area contributed by atoms with Crippen LogP contribution in [0.25, 0.3) is 0 Å². The second-order valence-corrected chi connectivity index (χ2v) is 12.4. The van der Waals surface area contributed by atoms with Crippen LogP contribution < -0.4 is 10.6 Å².